The molecule has 0 aliphatic rings. The molecule has 3 aromatic rings. The normalized spacial score (nSPS) is 11.8. The zero-order valence-corrected chi connectivity index (χ0v) is 22.8. The van der Waals surface area contributed by atoms with Crippen LogP contribution in [0.3, 0.4) is 0 Å². The molecular weight excluding hydrogens is 552 g/mol. The van der Waals surface area contributed by atoms with E-state index in [1.807, 2.05) is 4.83 Å². The number of methoxy groups -OCH3 is 2. The van der Waals surface area contributed by atoms with Crippen molar-refractivity contribution in [2.75, 3.05) is 19.5 Å². The molecule has 0 spiro atoms. The highest BCUT2D eigenvalue weighted by Gasteiger charge is 2.26. The molecule has 0 amide bonds. The van der Waals surface area contributed by atoms with Gasteiger partial charge in [-0.1, -0.05) is 24.3 Å². The van der Waals surface area contributed by atoms with E-state index in [-0.39, 0.29) is 17.1 Å². The van der Waals surface area contributed by atoms with Crippen molar-refractivity contribution in [2.24, 2.45) is 5.10 Å². The molecule has 0 aliphatic heterocycles. The maximum atomic E-state index is 13.3. The summed E-state index contributed by atoms with van der Waals surface area (Å²) in [5.41, 5.74) is 0.496. The van der Waals surface area contributed by atoms with Gasteiger partial charge in [0, 0.05) is 11.4 Å². The monoisotopic (exact) mass is 576 g/mol. The molecule has 2 aromatic carbocycles. The highest BCUT2D eigenvalue weighted by Crippen LogP contribution is 2.18. The fraction of sp³-hybridized carbons (Fsp3) is 0.174. The van der Waals surface area contributed by atoms with Gasteiger partial charge < -0.3 is 9.47 Å². The predicted octanol–water partition coefficient (Wildman–Crippen LogP) is 1.31. The molecule has 39 heavy (non-hydrogen) atoms. The number of carbonyl (C=O) groups is 2. The molecule has 0 saturated carbocycles. The van der Waals surface area contributed by atoms with Crippen molar-refractivity contribution in [3.05, 3.63) is 77.1 Å². The van der Waals surface area contributed by atoms with Crippen LogP contribution < -0.4 is 14.9 Å². The average molecular weight is 577 g/mol. The van der Waals surface area contributed by atoms with E-state index in [0.717, 1.165) is 26.4 Å². The second-order valence-electron chi connectivity index (χ2n) is 7.74. The Hall–Kier alpha value is -4.57. The van der Waals surface area contributed by atoms with Gasteiger partial charge in [0.25, 0.3) is 20.0 Å². The average Bonchev–Trinajstić information content (AvgIpc) is 2.90. The van der Waals surface area contributed by atoms with Crippen molar-refractivity contribution in [1.82, 2.24) is 19.5 Å². The van der Waals surface area contributed by atoms with Gasteiger partial charge in [-0.2, -0.15) is 13.2 Å². The number of aryl methyl sites for hydroxylation is 2. The first-order valence-electron chi connectivity index (χ1n) is 10.9. The Bertz CT molecular complexity index is 1640. The van der Waals surface area contributed by atoms with Gasteiger partial charge in [-0.15, -0.1) is 5.10 Å². The lowest BCUT2D eigenvalue weighted by atomic mass is 10.2. The number of hydrazone groups is 1. The first kappa shape index (κ1) is 29.0. The van der Waals surface area contributed by atoms with Crippen molar-refractivity contribution in [3.63, 3.8) is 0 Å². The minimum absolute atomic E-state index is 0.107. The highest BCUT2D eigenvalue weighted by atomic mass is 32.2. The lowest BCUT2D eigenvalue weighted by molar-refractivity contribution is 0.0587. The standard InChI is InChI=1S/C23H24N6O8S2/c1-14-13-15(2)25-22(24-14)26-23(28-38(32,33)18-11-7-5-9-16(18)20(30)36-3)27-29-39(34,35)19-12-8-6-10-17(19)21(31)37-4/h5-13,29H,1-4H3,(H2,24,25,26,27,28). The third kappa shape index (κ3) is 7.05. The van der Waals surface area contributed by atoms with Crippen molar-refractivity contribution in [3.8, 4) is 0 Å². The SMILES string of the molecule is COC(=O)c1ccccc1S(=O)(=O)NN=C(Nc1nc(C)cc(C)n1)NS(=O)(=O)c1ccccc1C(=O)OC. The van der Waals surface area contributed by atoms with Gasteiger partial charge in [0.15, 0.2) is 0 Å². The molecule has 0 saturated heterocycles. The number of benzene rings is 2. The van der Waals surface area contributed by atoms with Crippen LogP contribution in [0.4, 0.5) is 5.95 Å². The van der Waals surface area contributed by atoms with Crippen LogP contribution in [0.1, 0.15) is 32.1 Å². The Morgan fingerprint density at radius 1 is 0.769 bits per heavy atom. The highest BCUT2D eigenvalue weighted by molar-refractivity contribution is 7.90. The first-order valence-corrected chi connectivity index (χ1v) is 13.9. The van der Waals surface area contributed by atoms with E-state index >= 15 is 0 Å². The van der Waals surface area contributed by atoms with Gasteiger partial charge in [-0.25, -0.2) is 32.7 Å². The summed E-state index contributed by atoms with van der Waals surface area (Å²) < 4.78 is 64.0. The van der Waals surface area contributed by atoms with Crippen LogP contribution in [0.5, 0.6) is 0 Å². The summed E-state index contributed by atoms with van der Waals surface area (Å²) in [5.74, 6) is -2.61. The fourth-order valence-electron chi connectivity index (χ4n) is 3.26. The van der Waals surface area contributed by atoms with Crippen molar-refractivity contribution in [2.45, 2.75) is 23.6 Å². The molecule has 0 radical (unpaired) electrons. The molecule has 14 nitrogen and oxygen atoms in total. The fourth-order valence-corrected chi connectivity index (χ4v) is 5.43. The number of carbonyl (C=O) groups excluding carboxylic acids is 2. The molecule has 3 N–H and O–H groups in total. The number of nitrogens with zero attached hydrogens (tertiary/aromatic N) is 3. The van der Waals surface area contributed by atoms with Crippen LogP contribution in [0.2, 0.25) is 0 Å². The number of hydrogen-bond acceptors (Lipinski definition) is 11. The van der Waals surface area contributed by atoms with Crippen LogP contribution in [0.15, 0.2) is 69.5 Å². The zero-order valence-electron chi connectivity index (χ0n) is 21.1. The van der Waals surface area contributed by atoms with E-state index in [9.17, 15) is 26.4 Å². The maximum absolute atomic E-state index is 13.3. The Balaban J connectivity index is 2.06. The van der Waals surface area contributed by atoms with E-state index in [0.29, 0.717) is 11.4 Å². The number of esters is 2. The third-order valence-electron chi connectivity index (χ3n) is 4.88. The van der Waals surface area contributed by atoms with Crippen LogP contribution in [-0.4, -0.2) is 58.9 Å². The minimum atomic E-state index is -4.55. The Kier molecular flexibility index (Phi) is 8.82. The topological polar surface area (TPSA) is 195 Å². The van der Waals surface area contributed by atoms with E-state index < -0.39 is 47.7 Å². The molecule has 3 rings (SSSR count). The second-order valence-corrected chi connectivity index (χ2v) is 11.0. The van der Waals surface area contributed by atoms with Gasteiger partial charge in [0.2, 0.25) is 11.9 Å². The molecule has 0 atom stereocenters. The largest absolute Gasteiger partial charge is 0.465 e. The quantitative estimate of drug-likeness (QED) is 0.151. The molecule has 1 heterocycles. The lowest BCUT2D eigenvalue weighted by Crippen LogP contribution is -2.39. The summed E-state index contributed by atoms with van der Waals surface area (Å²) in [5, 5.41) is 6.21. The number of rotatable bonds is 8. The summed E-state index contributed by atoms with van der Waals surface area (Å²) in [4.78, 5) is 33.4. The number of guanidine groups is 1. The van der Waals surface area contributed by atoms with E-state index in [1.54, 1.807) is 19.9 Å². The van der Waals surface area contributed by atoms with Crippen LogP contribution in [0.25, 0.3) is 0 Å². The van der Waals surface area contributed by atoms with Crippen LogP contribution in [-0.2, 0) is 29.5 Å². The molecule has 0 bridgehead atoms. The summed E-state index contributed by atoms with van der Waals surface area (Å²) >= 11 is 0. The molecular formula is C23H24N6O8S2. The molecule has 0 unspecified atom stereocenters. The molecule has 1 aromatic heterocycles. The molecule has 16 heteroatoms. The summed E-state index contributed by atoms with van der Waals surface area (Å²) in [6.07, 6.45) is 0. The third-order valence-corrected chi connectivity index (χ3v) is 7.55. The Morgan fingerprint density at radius 2 is 1.23 bits per heavy atom. The van der Waals surface area contributed by atoms with Crippen molar-refractivity contribution < 1.29 is 35.9 Å². The van der Waals surface area contributed by atoms with Gasteiger partial charge in [-0.05, 0) is 44.2 Å². The van der Waals surface area contributed by atoms with Gasteiger partial charge >= 0.3 is 11.9 Å². The first-order chi connectivity index (χ1) is 18.4. The molecule has 206 valence electrons. The maximum Gasteiger partial charge on any atom is 0.339 e. The van der Waals surface area contributed by atoms with Gasteiger partial charge in [0.1, 0.15) is 9.79 Å². The van der Waals surface area contributed by atoms with Crippen molar-refractivity contribution in [1.29, 1.82) is 0 Å². The summed E-state index contributed by atoms with van der Waals surface area (Å²) in [6.45, 7) is 3.33. The second kappa shape index (κ2) is 11.9. The number of ether oxygens (including phenoxy) is 2. The van der Waals surface area contributed by atoms with E-state index in [4.69, 9.17) is 0 Å². The number of nitrogens with one attached hydrogen (secondary N) is 3. The smallest absolute Gasteiger partial charge is 0.339 e. The number of sulfonamides is 2. The zero-order chi connectivity index (χ0) is 28.8. The predicted molar refractivity (Wildman–Crippen MR) is 139 cm³/mol. The summed E-state index contributed by atoms with van der Waals surface area (Å²) in [7, 11) is -6.90. The molecule has 0 fully saturated rings. The number of anilines is 1. The number of aromatic nitrogens is 2. The van der Waals surface area contributed by atoms with E-state index in [2.05, 4.69) is 34.6 Å². The van der Waals surface area contributed by atoms with Gasteiger partial charge in [-0.3, -0.25) is 5.32 Å². The van der Waals surface area contributed by atoms with E-state index in [1.165, 1.54) is 36.4 Å². The minimum Gasteiger partial charge on any atom is -0.465 e. The Morgan fingerprint density at radius 3 is 1.72 bits per heavy atom. The lowest BCUT2D eigenvalue weighted by Gasteiger charge is -2.15. The van der Waals surface area contributed by atoms with Crippen LogP contribution >= 0.6 is 0 Å². The molecule has 0 aliphatic carbocycles. The van der Waals surface area contributed by atoms with Gasteiger partial charge in [0.05, 0.1) is 25.3 Å². The Labute approximate surface area is 224 Å². The van der Waals surface area contributed by atoms with Crippen LogP contribution in [0, 0.1) is 13.8 Å². The summed E-state index contributed by atoms with van der Waals surface area (Å²) in [6, 6.07) is 12.1. The van der Waals surface area contributed by atoms with Crippen molar-refractivity contribution >= 4 is 43.9 Å². The number of hydrogen-bond donors (Lipinski definition) is 3.